The summed E-state index contributed by atoms with van der Waals surface area (Å²) in [6, 6.07) is 0. The molecule has 20 nitrogen and oxygen atoms in total. The zero-order valence-corrected chi connectivity index (χ0v) is 61.9. The van der Waals surface area contributed by atoms with Crippen LogP contribution in [0.3, 0.4) is 0 Å². The van der Waals surface area contributed by atoms with Gasteiger partial charge in [-0.05, 0) is 43.9 Å². The molecule has 0 bridgehead atoms. The second-order valence-electron chi connectivity index (χ2n) is 26.7. The summed E-state index contributed by atoms with van der Waals surface area (Å²) in [7, 11) is -14.7. The Bertz CT molecular complexity index is 1900. The lowest BCUT2D eigenvalue weighted by Crippen LogP contribution is -2.36. The Balaban J connectivity index is 4.80. The highest BCUT2D eigenvalue weighted by molar-refractivity contribution is 7.81. The van der Waals surface area contributed by atoms with E-state index in [9.17, 15) is 39.6 Å². The zero-order chi connectivity index (χ0) is 69.2. The SMILES string of the molecule is CCCCCCCCCCCCCCCCCCCCCCCCCCCC(=O)OCC(COC(=O)CCCCCCCCCCCCCCCCCCCCCCCCCCC)OC(=O)NCCOCCC(CCOS(=O)(=O)O)(CCOS(=O)(=O)O)CCOS(=O)(=O)O. The van der Waals surface area contributed by atoms with E-state index in [1.54, 1.807) is 0 Å². The standard InChI is InChI=1S/C71H139NO19S3/c1-3-5-7-9-11-13-15-17-19-21-23-25-27-29-31-33-35-37-39-41-43-45-47-49-51-53-68(73)86-65-67(66-87-69(74)54-52-50-48-46-44-42-40-38-36-34-32-30-28-26-24-22-20-18-16-14-12-10-8-6-4-2)91-70(75)72-59-64-85-60-55-71(56-61-88-92(76,77)78,57-62-89-93(79,80)81)58-63-90-94(82,83)84/h67H,3-66H2,1-2H3,(H,72,75)(H,76,77,78)(H,79,80,81)(H,82,83,84). The molecule has 0 atom stereocenters. The topological polar surface area (TPSA) is 291 Å². The fourth-order valence-corrected chi connectivity index (χ4v) is 13.0. The largest absolute Gasteiger partial charge is 0.462 e. The molecule has 0 rings (SSSR count). The van der Waals surface area contributed by atoms with E-state index in [1.165, 1.54) is 270 Å². The van der Waals surface area contributed by atoms with Crippen LogP contribution in [0.2, 0.25) is 0 Å². The Kier molecular flexibility index (Phi) is 63.9. The Hall–Kier alpha value is -2.22. The summed E-state index contributed by atoms with van der Waals surface area (Å²) in [6.07, 6.45) is 62.0. The predicted molar refractivity (Wildman–Crippen MR) is 376 cm³/mol. The summed E-state index contributed by atoms with van der Waals surface area (Å²) in [6.45, 7) is 1.58. The Morgan fingerprint density at radius 3 is 0.787 bits per heavy atom. The highest BCUT2D eigenvalue weighted by Crippen LogP contribution is 2.36. The predicted octanol–water partition coefficient (Wildman–Crippen LogP) is 19.5. The number of esters is 2. The summed E-state index contributed by atoms with van der Waals surface area (Å²) in [5.74, 6) is -0.902. The normalized spacial score (nSPS) is 12.3. The number of carbonyl (C=O) groups is 3. The number of unbranched alkanes of at least 4 members (excludes halogenated alkanes) is 48. The highest BCUT2D eigenvalue weighted by atomic mass is 32.3. The Morgan fingerprint density at radius 2 is 0.553 bits per heavy atom. The van der Waals surface area contributed by atoms with E-state index in [2.05, 4.69) is 31.7 Å². The minimum Gasteiger partial charge on any atom is -0.462 e. The van der Waals surface area contributed by atoms with Gasteiger partial charge >= 0.3 is 49.2 Å². The van der Waals surface area contributed by atoms with Crippen molar-refractivity contribution in [1.29, 1.82) is 0 Å². The molecule has 23 heteroatoms. The van der Waals surface area contributed by atoms with Crippen molar-refractivity contribution in [2.24, 2.45) is 5.41 Å². The van der Waals surface area contributed by atoms with Gasteiger partial charge in [-0.2, -0.15) is 25.3 Å². The smallest absolute Gasteiger partial charge is 0.407 e. The van der Waals surface area contributed by atoms with Gasteiger partial charge in [-0.3, -0.25) is 23.2 Å². The summed E-state index contributed by atoms with van der Waals surface area (Å²) in [5.41, 5.74) is -1.26. The van der Waals surface area contributed by atoms with Crippen molar-refractivity contribution in [2.45, 2.75) is 380 Å². The number of amides is 1. The molecule has 94 heavy (non-hydrogen) atoms. The third-order valence-corrected chi connectivity index (χ3v) is 19.4. The maximum atomic E-state index is 13.0. The van der Waals surface area contributed by atoms with Gasteiger partial charge in [0.15, 0.2) is 6.10 Å². The van der Waals surface area contributed by atoms with Gasteiger partial charge in [0, 0.05) is 26.0 Å². The number of alkyl carbamates (subject to hydrolysis) is 1. The lowest BCUT2D eigenvalue weighted by Gasteiger charge is -2.33. The van der Waals surface area contributed by atoms with Crippen LogP contribution in [-0.2, 0) is 72.3 Å². The van der Waals surface area contributed by atoms with Crippen molar-refractivity contribution in [2.75, 3.05) is 52.8 Å². The maximum absolute atomic E-state index is 13.0. The number of carbonyl (C=O) groups excluding carboxylic acids is 3. The second-order valence-corrected chi connectivity index (χ2v) is 29.9. The monoisotopic (exact) mass is 1410 g/mol. The van der Waals surface area contributed by atoms with Gasteiger partial charge in [0.25, 0.3) is 0 Å². The van der Waals surface area contributed by atoms with Crippen molar-refractivity contribution in [1.82, 2.24) is 5.32 Å². The summed E-state index contributed by atoms with van der Waals surface area (Å²) >= 11 is 0. The number of hydrogen-bond donors (Lipinski definition) is 4. The fourth-order valence-electron chi connectivity index (χ4n) is 12.1. The van der Waals surface area contributed by atoms with Gasteiger partial charge in [-0.1, -0.05) is 322 Å². The lowest BCUT2D eigenvalue weighted by atomic mass is 9.76. The van der Waals surface area contributed by atoms with Crippen molar-refractivity contribution >= 4 is 49.2 Å². The number of ether oxygens (including phenoxy) is 4. The molecule has 560 valence electrons. The highest BCUT2D eigenvalue weighted by Gasteiger charge is 2.32. The molecule has 0 heterocycles. The lowest BCUT2D eigenvalue weighted by molar-refractivity contribution is -0.152. The summed E-state index contributed by atoms with van der Waals surface area (Å²) in [4.78, 5) is 38.7. The molecule has 0 aromatic rings. The van der Waals surface area contributed by atoms with Crippen molar-refractivity contribution in [3.8, 4) is 0 Å². The number of rotatable bonds is 75. The van der Waals surface area contributed by atoms with E-state index in [0.717, 1.165) is 38.5 Å². The van der Waals surface area contributed by atoms with E-state index in [-0.39, 0.29) is 71.5 Å². The Morgan fingerprint density at radius 1 is 0.330 bits per heavy atom. The van der Waals surface area contributed by atoms with Crippen LogP contribution < -0.4 is 5.32 Å². The van der Waals surface area contributed by atoms with Gasteiger partial charge in [0.05, 0.1) is 26.4 Å². The van der Waals surface area contributed by atoms with Crippen LogP contribution in [0.25, 0.3) is 0 Å². The fraction of sp³-hybridized carbons (Fsp3) is 0.958. The third-order valence-electron chi connectivity index (χ3n) is 18.0. The van der Waals surface area contributed by atoms with E-state index in [0.29, 0.717) is 12.8 Å². The quantitative estimate of drug-likeness (QED) is 0.0190. The molecule has 0 aliphatic carbocycles. The van der Waals surface area contributed by atoms with Crippen molar-refractivity contribution < 1.29 is 84.8 Å². The first-order valence-electron chi connectivity index (χ1n) is 38.0. The van der Waals surface area contributed by atoms with Crippen molar-refractivity contribution in [3.63, 3.8) is 0 Å². The average molecular weight is 1410 g/mol. The van der Waals surface area contributed by atoms with E-state index in [4.69, 9.17) is 32.6 Å². The first-order chi connectivity index (χ1) is 45.3. The van der Waals surface area contributed by atoms with Crippen LogP contribution in [0.15, 0.2) is 0 Å². The minimum absolute atomic E-state index is 0.0475. The van der Waals surface area contributed by atoms with Gasteiger partial charge < -0.3 is 24.3 Å². The van der Waals surface area contributed by atoms with Crippen LogP contribution in [-0.4, -0.2) is 116 Å². The molecular formula is C71H139NO19S3. The molecule has 0 radical (unpaired) electrons. The molecule has 0 saturated heterocycles. The maximum Gasteiger partial charge on any atom is 0.407 e. The summed E-state index contributed by atoms with van der Waals surface area (Å²) < 4.78 is 130. The third kappa shape index (κ3) is 71.1. The Labute approximate surface area is 574 Å². The van der Waals surface area contributed by atoms with E-state index >= 15 is 0 Å². The molecular weight excluding hydrogens is 1270 g/mol. The molecule has 0 aromatic heterocycles. The van der Waals surface area contributed by atoms with Crippen LogP contribution in [0.4, 0.5) is 4.79 Å². The van der Waals surface area contributed by atoms with Gasteiger partial charge in [0.1, 0.15) is 13.2 Å². The first kappa shape index (κ1) is 91.8. The molecule has 0 aliphatic heterocycles. The van der Waals surface area contributed by atoms with Crippen LogP contribution in [0, 0.1) is 5.41 Å². The van der Waals surface area contributed by atoms with Crippen LogP contribution in [0.5, 0.6) is 0 Å². The van der Waals surface area contributed by atoms with Crippen molar-refractivity contribution in [3.05, 3.63) is 0 Å². The molecule has 0 saturated carbocycles. The van der Waals surface area contributed by atoms with Crippen LogP contribution in [0.1, 0.15) is 373 Å². The molecule has 4 N–H and O–H groups in total. The molecule has 0 aliphatic rings. The molecule has 0 spiro atoms. The number of nitrogens with one attached hydrogen (secondary N) is 1. The zero-order valence-electron chi connectivity index (χ0n) is 59.4. The molecule has 0 unspecified atom stereocenters. The average Bonchev–Trinajstić information content (AvgIpc) is 1.09. The first-order valence-corrected chi connectivity index (χ1v) is 42.1. The van der Waals surface area contributed by atoms with Gasteiger partial charge in [-0.25, -0.2) is 17.3 Å². The van der Waals surface area contributed by atoms with Gasteiger partial charge in [0.2, 0.25) is 0 Å². The summed E-state index contributed by atoms with van der Waals surface area (Å²) in [5, 5.41) is 2.52. The molecule has 1 amide bonds. The molecule has 0 fully saturated rings. The number of hydrogen-bond acceptors (Lipinski definition) is 16. The van der Waals surface area contributed by atoms with Gasteiger partial charge in [-0.15, -0.1) is 0 Å². The van der Waals surface area contributed by atoms with Crippen LogP contribution >= 0.6 is 0 Å². The van der Waals surface area contributed by atoms with E-state index in [1.807, 2.05) is 0 Å². The van der Waals surface area contributed by atoms with E-state index < -0.39 is 80.6 Å². The second kappa shape index (κ2) is 65.4. The molecule has 0 aromatic carbocycles. The minimum atomic E-state index is -4.90.